The van der Waals surface area contributed by atoms with Gasteiger partial charge in [-0.1, -0.05) is 80.9 Å². The van der Waals surface area contributed by atoms with Crippen molar-refractivity contribution in [2.75, 3.05) is 27.9 Å². The Balaban J connectivity index is 0.000000152. The van der Waals surface area contributed by atoms with E-state index < -0.39 is 34.7 Å². The number of Topliss-reactive ketones (excluding diaryl/α,β-unsaturated/α-hetero) is 3. The molecule has 3 heterocycles. The van der Waals surface area contributed by atoms with Gasteiger partial charge in [0.25, 0.3) is 0 Å². The van der Waals surface area contributed by atoms with Crippen molar-refractivity contribution in [1.82, 2.24) is 0 Å². The highest BCUT2D eigenvalue weighted by molar-refractivity contribution is 6.05. The first-order chi connectivity index (χ1) is 69.1. The molecule has 0 saturated heterocycles. The smallest absolute Gasteiger partial charge is 0.310 e. The maximum atomic E-state index is 12.2. The Morgan fingerprint density at radius 3 is 1.19 bits per heavy atom. The van der Waals surface area contributed by atoms with Gasteiger partial charge in [-0.25, -0.2) is 0 Å². The molecule has 7 fully saturated rings. The van der Waals surface area contributed by atoms with Gasteiger partial charge in [-0.15, -0.1) is 0 Å². The molecule has 8 N–H and O–H groups in total. The summed E-state index contributed by atoms with van der Waals surface area (Å²) in [4.78, 5) is 149. The largest absolute Gasteiger partial charge is 0.508 e. The number of methoxy groups -OCH3 is 3. The highest BCUT2D eigenvalue weighted by Crippen LogP contribution is 2.66. The molecule has 0 spiro atoms. The number of aromatic hydroxyl groups is 7. The minimum absolute atomic E-state index is 0.0258. The lowest BCUT2D eigenvalue weighted by molar-refractivity contribution is -0.178. The molecule has 802 valence electrons. The van der Waals surface area contributed by atoms with Crippen LogP contribution in [0, 0.1) is 86.8 Å². The zero-order chi connectivity index (χ0) is 109. The predicted molar refractivity (Wildman–Crippen MR) is 545 cm³/mol. The molecule has 16 atom stereocenters. The van der Waals surface area contributed by atoms with Gasteiger partial charge >= 0.3 is 47.8 Å². The standard InChI is InChI=1S/C21H28O5.C18H20O5.C18H22O5.C17H20O5.C13H18O4.C12H18O2.C9H10O4.C9H12O/c1-4-5-8-25-19(24)11-13-9-17(23)20-15-12-14(22)6-7-16(15)21(2,3)26-18(20)10-13;1-18(2)11-8-12(18)13(19)7-10(11)17-14(20)4-9(5-15(17)21)6-16(22)23-3;1-18(2)13-5-4-11(19)9-12(13)17-14(20)6-10(7-15(17)23-18)8-16(21)22-3;1-17(2)12-4-3-10(18)8-11(12)16-13(19)5-9(7-15(20)21)6-14(16)22-17;1-7(14)16-11-6-12(17-8(2)15)10-5-9(11)13(10,3)4;1-8(13)14-12(4)6-5-9-7-10(12)11(9,2)3;1-13-9(12)4-6-2-7(10)5-8(11)3-6;1-9(2)6-3-4-8(10)7(9)5-6/h9-10,15-16,23H,4-8,11-12H2,1-3H3;4-5,7,11-12,20-21H,6,8H2,1-3H3;6-7,12-13,20H,4-5,8-9H2,1-3H3;5-6,11-12,19H,3-4,7-8H2,1-2H3,(H,20,21);6,9-11H,5H2,1-4H3;5-6,9-10H,7H2,1-4H3;2-3,5,10-11H,4H2,1H3;3-4,6-7H,5H2,1-2H3/t15-,16-;11?,12-;12-,13-;11-,12-;9?,10-,11?;9?,10-,12?;;6?,7-/m101101.0/s1. The first kappa shape index (κ1) is 114. The second kappa shape index (κ2) is 44.9. The number of phenolic OH excluding ortho intramolecular Hbond substituents is 7. The number of carboxylic acid groups (broad SMARTS) is 1. The molecule has 7 saturated carbocycles. The number of carbonyl (C=O) groups excluding carboxylic acids is 12. The number of aliphatic carboxylic acids is 1. The van der Waals surface area contributed by atoms with Crippen molar-refractivity contribution in [3.05, 3.63) is 159 Å². The van der Waals surface area contributed by atoms with E-state index in [0.717, 1.165) is 57.8 Å². The number of ether oxygens (including phenoxy) is 10. The number of hydrogen-bond acceptors (Lipinski definition) is 30. The number of phenols is 7. The number of benzene rings is 5. The number of esters is 7. The maximum Gasteiger partial charge on any atom is 0.310 e. The van der Waals surface area contributed by atoms with Gasteiger partial charge in [0, 0.05) is 147 Å². The second-order valence-corrected chi connectivity index (χ2v) is 46.1. The lowest BCUT2D eigenvalue weighted by Crippen LogP contribution is -2.58. The van der Waals surface area contributed by atoms with Crippen LogP contribution in [0.5, 0.6) is 57.5 Å². The van der Waals surface area contributed by atoms with Crippen molar-refractivity contribution in [1.29, 1.82) is 0 Å². The summed E-state index contributed by atoms with van der Waals surface area (Å²) in [5, 5.41) is 79.2. The first-order valence-corrected chi connectivity index (χ1v) is 51.4. The van der Waals surface area contributed by atoms with E-state index in [2.05, 4.69) is 74.0 Å². The van der Waals surface area contributed by atoms with Crippen molar-refractivity contribution in [3.63, 3.8) is 0 Å². The summed E-state index contributed by atoms with van der Waals surface area (Å²) in [6.45, 7) is 38.1. The van der Waals surface area contributed by atoms with Crippen LogP contribution >= 0.6 is 0 Å². The molecule has 23 rings (SSSR count). The summed E-state index contributed by atoms with van der Waals surface area (Å²) in [6, 6.07) is 16.8. The molecule has 0 aromatic heterocycles. The van der Waals surface area contributed by atoms with E-state index >= 15 is 0 Å². The summed E-state index contributed by atoms with van der Waals surface area (Å²) in [5.74, 6) is 3.34. The summed E-state index contributed by atoms with van der Waals surface area (Å²) in [7, 11) is 3.90. The third-order valence-electron chi connectivity index (χ3n) is 33.6. The maximum absolute atomic E-state index is 12.2. The summed E-state index contributed by atoms with van der Waals surface area (Å²) < 4.78 is 53.2. The van der Waals surface area contributed by atoms with Crippen molar-refractivity contribution in [2.45, 2.75) is 306 Å². The van der Waals surface area contributed by atoms with Gasteiger partial charge in [-0.3, -0.25) is 62.3 Å². The van der Waals surface area contributed by atoms with Crippen LogP contribution in [-0.2, 0) is 128 Å². The summed E-state index contributed by atoms with van der Waals surface area (Å²) >= 11 is 0. The van der Waals surface area contributed by atoms with Crippen LogP contribution in [0.1, 0.15) is 296 Å². The van der Waals surface area contributed by atoms with E-state index in [4.69, 9.17) is 48.5 Å². The third kappa shape index (κ3) is 25.1. The fourth-order valence-corrected chi connectivity index (χ4v) is 25.2. The van der Waals surface area contributed by atoms with Crippen molar-refractivity contribution < 1.29 is 151 Å². The van der Waals surface area contributed by atoms with Crippen LogP contribution in [-0.4, -0.2) is 174 Å². The first-order valence-electron chi connectivity index (χ1n) is 51.4. The number of carbonyl (C=O) groups is 13. The molecule has 148 heavy (non-hydrogen) atoms. The highest BCUT2D eigenvalue weighted by Gasteiger charge is 2.62. The molecule has 15 aliphatic carbocycles. The highest BCUT2D eigenvalue weighted by atomic mass is 16.6. The number of unbranched alkanes of at least 4 members (excludes halogenated alkanes) is 1. The van der Waals surface area contributed by atoms with Gasteiger partial charge in [-0.05, 0) is 258 Å². The number of rotatable bonds is 17. The molecule has 31 heteroatoms. The lowest BCUT2D eigenvalue weighted by atomic mass is 9.47. The molecular weight excluding hydrogens is 1900 g/mol. The SMILES string of the molecule is CC(=O)OC1(C)C=CC2C[C@@H]1C2(C)C.CC(=O)OC1=CC(OC(C)=O)C2C[C@@H]1C2(C)C.CC1(C)C2C=CC(=O)[C@@H]1C2.CC1(C)Oc2cc(CC(=O)O)cc(O)c2[C@@H]2CC(=O)CC[C@H]21.CCCCOC(=O)Cc1cc(O)c2c(c1)OC(C)(C)[C@@H]1CCC(=O)C[C@@H]21.COC(=O)Cc1cc(O)c(C2=CC(=O)[C@@H]3CC2C3(C)C)c(O)c1.COC(=O)Cc1cc(O)c2c(c1)OC(C)(C)[C@@H]1CCC(=O)C[C@@H]21.COC(=O)Cc1cc(O)cc(O)c1. The minimum atomic E-state index is -0.958. The van der Waals surface area contributed by atoms with Crippen LogP contribution in [0.2, 0.25) is 0 Å². The number of ketones is 5. The normalized spacial score (nSPS) is 27.2. The molecule has 6 unspecified atom stereocenters. The predicted octanol–water partition coefficient (Wildman–Crippen LogP) is 18.9. The number of allylic oxidation sites excluding steroid dienone is 6. The van der Waals surface area contributed by atoms with E-state index in [1.807, 2.05) is 75.3 Å². The molecule has 3 aliphatic heterocycles. The van der Waals surface area contributed by atoms with E-state index in [9.17, 15) is 87.9 Å². The molecule has 0 radical (unpaired) electrons. The Kier molecular flexibility index (Phi) is 34.6. The molecule has 5 aromatic carbocycles. The summed E-state index contributed by atoms with van der Waals surface area (Å²) in [6.07, 6.45) is 22.2. The Labute approximate surface area is 865 Å². The van der Waals surface area contributed by atoms with Crippen LogP contribution in [0.3, 0.4) is 0 Å². The average Bonchev–Trinajstić information content (AvgIpc) is 0.706. The summed E-state index contributed by atoms with van der Waals surface area (Å²) in [5.41, 5.74) is 4.64. The quantitative estimate of drug-likeness (QED) is 0.0185. The fourth-order valence-electron chi connectivity index (χ4n) is 25.2. The Morgan fingerprint density at radius 2 is 0.831 bits per heavy atom. The minimum Gasteiger partial charge on any atom is -0.508 e. The zero-order valence-corrected chi connectivity index (χ0v) is 89.3. The fraction of sp³-hybridized carbons (Fsp3) is 0.564. The van der Waals surface area contributed by atoms with Crippen LogP contribution in [0.15, 0.2) is 109 Å². The molecular formula is C117H148O31. The van der Waals surface area contributed by atoms with Gasteiger partial charge in [0.2, 0.25) is 0 Å². The molecule has 31 nitrogen and oxygen atoms in total. The van der Waals surface area contributed by atoms with E-state index in [-0.39, 0.29) is 207 Å². The van der Waals surface area contributed by atoms with E-state index in [0.29, 0.717) is 165 Å². The molecule has 5 aromatic rings. The number of hydrogen-bond donors (Lipinski definition) is 8. The van der Waals surface area contributed by atoms with Crippen molar-refractivity contribution >= 4 is 82.2 Å². The number of fused-ring (bicyclic) bond motifs is 13. The van der Waals surface area contributed by atoms with Gasteiger partial charge < -0.3 is 88.2 Å². The van der Waals surface area contributed by atoms with Gasteiger partial charge in [0.05, 0.1) is 65.6 Å². The Morgan fingerprint density at radius 1 is 0.419 bits per heavy atom. The van der Waals surface area contributed by atoms with Gasteiger partial charge in [0.1, 0.15) is 109 Å². The monoisotopic (exact) mass is 2050 g/mol. The topological polar surface area (TPSA) is 476 Å². The van der Waals surface area contributed by atoms with Crippen LogP contribution < -0.4 is 14.2 Å². The van der Waals surface area contributed by atoms with Crippen LogP contribution in [0.4, 0.5) is 0 Å². The lowest BCUT2D eigenvalue weighted by Gasteiger charge is -2.60. The Bertz CT molecular complexity index is 6060. The van der Waals surface area contributed by atoms with E-state index in [1.54, 1.807) is 42.5 Å². The molecule has 18 aliphatic rings. The number of carboxylic acids is 1. The van der Waals surface area contributed by atoms with Crippen molar-refractivity contribution in [3.8, 4) is 57.5 Å². The second-order valence-electron chi connectivity index (χ2n) is 46.1. The van der Waals surface area contributed by atoms with E-state index in [1.165, 1.54) is 78.5 Å². The van der Waals surface area contributed by atoms with Crippen molar-refractivity contribution in [2.24, 2.45) is 86.8 Å². The Hall–Kier alpha value is -12.8. The third-order valence-corrected chi connectivity index (χ3v) is 33.6. The molecule has 8 bridgehead atoms. The van der Waals surface area contributed by atoms with Gasteiger partial charge in [0.15, 0.2) is 11.6 Å². The zero-order valence-electron chi connectivity index (χ0n) is 89.3. The average molecular weight is 2050 g/mol. The van der Waals surface area contributed by atoms with Gasteiger partial charge in [-0.2, -0.15) is 0 Å². The van der Waals surface area contributed by atoms with Crippen LogP contribution in [0.25, 0.3) is 5.57 Å². The molecule has 0 amide bonds.